The van der Waals surface area contributed by atoms with Gasteiger partial charge in [0.25, 0.3) is 0 Å². The van der Waals surface area contributed by atoms with Gasteiger partial charge in [0.2, 0.25) is 0 Å². The van der Waals surface area contributed by atoms with Crippen LogP contribution in [0.1, 0.15) is 6.42 Å². The van der Waals surface area contributed by atoms with E-state index in [-0.39, 0.29) is 0 Å². The van der Waals surface area contributed by atoms with Crippen molar-refractivity contribution in [3.8, 4) is 0 Å². The van der Waals surface area contributed by atoms with E-state index < -0.39 is 0 Å². The fourth-order valence-electron chi connectivity index (χ4n) is 1.90. The topological polar surface area (TPSA) is 51.4 Å². The average molecular weight is 298 g/mol. The molecule has 1 aromatic rings. The maximum atomic E-state index is 5.68. The predicted octanol–water partition coefficient (Wildman–Crippen LogP) is 2.21. The second kappa shape index (κ2) is 5.51. The maximum Gasteiger partial charge on any atom is 0.143 e. The van der Waals surface area contributed by atoms with Gasteiger partial charge in [-0.15, -0.1) is 0 Å². The third kappa shape index (κ3) is 2.98. The third-order valence-electron chi connectivity index (χ3n) is 2.78. The monoisotopic (exact) mass is 297 g/mol. The first-order valence-electron chi connectivity index (χ1n) is 5.53. The Kier molecular flexibility index (Phi) is 4.02. The number of halogens is 1. The molecule has 2 rings (SSSR count). The molecule has 2 N–H and O–H groups in total. The van der Waals surface area contributed by atoms with Crippen molar-refractivity contribution in [3.05, 3.63) is 28.4 Å². The molecule has 1 aliphatic rings. The molecule has 0 aliphatic carbocycles. The molecule has 92 valence electrons. The van der Waals surface area contributed by atoms with Crippen molar-refractivity contribution in [3.63, 3.8) is 0 Å². The number of ether oxygens (including phenoxy) is 1. The van der Waals surface area contributed by atoms with Gasteiger partial charge in [0.15, 0.2) is 0 Å². The van der Waals surface area contributed by atoms with E-state index in [0.29, 0.717) is 5.69 Å². The number of methoxy groups -OCH3 is 1. The van der Waals surface area contributed by atoms with Gasteiger partial charge in [-0.3, -0.25) is 0 Å². The lowest BCUT2D eigenvalue weighted by atomic mass is 10.1. The fraction of sp³-hybridized carbons (Fsp3) is 0.417. The zero-order valence-electron chi connectivity index (χ0n) is 9.82. The minimum Gasteiger partial charge on any atom is -0.397 e. The number of anilines is 2. The summed E-state index contributed by atoms with van der Waals surface area (Å²) in [6.07, 6.45) is 4.91. The first-order valence-corrected chi connectivity index (χ1v) is 6.33. The molecule has 0 aromatic carbocycles. The standard InChI is InChI=1S/C12H16BrN3O/c1-17-8-9-2-4-16(5-3-9)12-11(13)6-10(14)7-15-12/h2,6-7H,3-5,8,14H2,1H3. The van der Waals surface area contributed by atoms with Crippen molar-refractivity contribution < 1.29 is 4.74 Å². The first kappa shape index (κ1) is 12.4. The van der Waals surface area contributed by atoms with E-state index in [1.165, 1.54) is 5.57 Å². The molecule has 2 heterocycles. The van der Waals surface area contributed by atoms with Crippen LogP contribution in [0.2, 0.25) is 0 Å². The van der Waals surface area contributed by atoms with Crippen LogP contribution < -0.4 is 10.6 Å². The zero-order chi connectivity index (χ0) is 12.3. The predicted molar refractivity (Wildman–Crippen MR) is 73.1 cm³/mol. The van der Waals surface area contributed by atoms with E-state index in [0.717, 1.165) is 36.4 Å². The van der Waals surface area contributed by atoms with Gasteiger partial charge in [-0.25, -0.2) is 4.98 Å². The fourth-order valence-corrected chi connectivity index (χ4v) is 2.52. The highest BCUT2D eigenvalue weighted by atomic mass is 79.9. The summed E-state index contributed by atoms with van der Waals surface area (Å²) in [6, 6.07) is 1.89. The summed E-state index contributed by atoms with van der Waals surface area (Å²) in [5.41, 5.74) is 7.71. The molecule has 0 saturated carbocycles. The summed E-state index contributed by atoms with van der Waals surface area (Å²) >= 11 is 3.50. The minimum absolute atomic E-state index is 0.674. The van der Waals surface area contributed by atoms with Crippen molar-refractivity contribution in [2.24, 2.45) is 0 Å². The Balaban J connectivity index is 2.10. The lowest BCUT2D eigenvalue weighted by Gasteiger charge is -2.28. The number of nitrogens with zero attached hydrogens (tertiary/aromatic N) is 2. The highest BCUT2D eigenvalue weighted by Gasteiger charge is 2.15. The summed E-state index contributed by atoms with van der Waals surface area (Å²) in [6.45, 7) is 2.56. The van der Waals surface area contributed by atoms with Gasteiger partial charge in [-0.2, -0.15) is 0 Å². The Bertz CT molecular complexity index is 434. The molecule has 5 heteroatoms. The number of aromatic nitrogens is 1. The number of hydrogen-bond donors (Lipinski definition) is 1. The van der Waals surface area contributed by atoms with Crippen LogP contribution in [-0.4, -0.2) is 31.8 Å². The molecule has 0 amide bonds. The number of rotatable bonds is 3. The van der Waals surface area contributed by atoms with Gasteiger partial charge >= 0.3 is 0 Å². The second-order valence-electron chi connectivity index (χ2n) is 4.07. The van der Waals surface area contributed by atoms with E-state index in [9.17, 15) is 0 Å². The highest BCUT2D eigenvalue weighted by molar-refractivity contribution is 9.10. The van der Waals surface area contributed by atoms with Crippen LogP contribution in [0, 0.1) is 0 Å². The van der Waals surface area contributed by atoms with Crippen LogP contribution in [0.3, 0.4) is 0 Å². The van der Waals surface area contributed by atoms with Crippen LogP contribution >= 0.6 is 15.9 Å². The Morgan fingerprint density at radius 3 is 3.00 bits per heavy atom. The Hall–Kier alpha value is -1.07. The smallest absolute Gasteiger partial charge is 0.143 e. The molecular formula is C12H16BrN3O. The number of pyridine rings is 1. The Morgan fingerprint density at radius 2 is 2.41 bits per heavy atom. The molecule has 0 bridgehead atoms. The Labute approximate surface area is 110 Å². The van der Waals surface area contributed by atoms with Crippen LogP contribution in [0.25, 0.3) is 0 Å². The van der Waals surface area contributed by atoms with E-state index >= 15 is 0 Å². The molecule has 0 spiro atoms. The molecule has 4 nitrogen and oxygen atoms in total. The summed E-state index contributed by atoms with van der Waals surface area (Å²) < 4.78 is 6.08. The van der Waals surface area contributed by atoms with Gasteiger partial charge in [-0.1, -0.05) is 6.08 Å². The number of nitrogen functional groups attached to an aromatic ring is 1. The van der Waals surface area contributed by atoms with Crippen molar-refractivity contribution in [1.29, 1.82) is 0 Å². The molecule has 17 heavy (non-hydrogen) atoms. The lowest BCUT2D eigenvalue weighted by Crippen LogP contribution is -2.30. The quantitative estimate of drug-likeness (QED) is 0.869. The SMILES string of the molecule is COCC1=CCN(c2ncc(N)cc2Br)CC1. The lowest BCUT2D eigenvalue weighted by molar-refractivity contribution is 0.222. The van der Waals surface area contributed by atoms with Gasteiger partial charge in [-0.05, 0) is 34.0 Å². The molecule has 1 aromatic heterocycles. The van der Waals surface area contributed by atoms with Crippen molar-refractivity contribution >= 4 is 27.4 Å². The highest BCUT2D eigenvalue weighted by Crippen LogP contribution is 2.27. The summed E-state index contributed by atoms with van der Waals surface area (Å²) in [7, 11) is 1.73. The van der Waals surface area contributed by atoms with Crippen LogP contribution in [0.5, 0.6) is 0 Å². The third-order valence-corrected chi connectivity index (χ3v) is 3.36. The van der Waals surface area contributed by atoms with Crippen LogP contribution in [0.15, 0.2) is 28.4 Å². The molecule has 0 radical (unpaired) electrons. The van der Waals surface area contributed by atoms with E-state index in [2.05, 4.69) is 31.9 Å². The van der Waals surface area contributed by atoms with E-state index in [1.807, 2.05) is 6.07 Å². The van der Waals surface area contributed by atoms with Crippen molar-refractivity contribution in [2.75, 3.05) is 37.4 Å². The zero-order valence-corrected chi connectivity index (χ0v) is 11.4. The van der Waals surface area contributed by atoms with Crippen molar-refractivity contribution in [1.82, 2.24) is 4.98 Å². The number of nitrogens with two attached hydrogens (primary N) is 1. The van der Waals surface area contributed by atoms with Crippen LogP contribution in [0.4, 0.5) is 11.5 Å². The average Bonchev–Trinajstić information content (AvgIpc) is 2.31. The normalized spacial score (nSPS) is 15.9. The summed E-state index contributed by atoms with van der Waals surface area (Å²) in [5.74, 6) is 0.951. The molecular weight excluding hydrogens is 282 g/mol. The molecule has 0 saturated heterocycles. The minimum atomic E-state index is 0.674. The summed E-state index contributed by atoms with van der Waals surface area (Å²) in [5, 5.41) is 0. The van der Waals surface area contributed by atoms with Crippen LogP contribution in [-0.2, 0) is 4.74 Å². The largest absolute Gasteiger partial charge is 0.397 e. The van der Waals surface area contributed by atoms with E-state index in [1.54, 1.807) is 13.3 Å². The van der Waals surface area contributed by atoms with Gasteiger partial charge < -0.3 is 15.4 Å². The second-order valence-corrected chi connectivity index (χ2v) is 4.92. The van der Waals surface area contributed by atoms with E-state index in [4.69, 9.17) is 10.5 Å². The molecule has 0 atom stereocenters. The maximum absolute atomic E-state index is 5.68. The summed E-state index contributed by atoms with van der Waals surface area (Å²) in [4.78, 5) is 6.59. The number of hydrogen-bond acceptors (Lipinski definition) is 4. The molecule has 1 aliphatic heterocycles. The molecule has 0 unspecified atom stereocenters. The Morgan fingerprint density at radius 1 is 1.59 bits per heavy atom. The van der Waals surface area contributed by atoms with Gasteiger partial charge in [0, 0.05) is 20.2 Å². The van der Waals surface area contributed by atoms with Gasteiger partial charge in [0.1, 0.15) is 5.82 Å². The first-order chi connectivity index (χ1) is 8.20. The van der Waals surface area contributed by atoms with Crippen molar-refractivity contribution in [2.45, 2.75) is 6.42 Å². The van der Waals surface area contributed by atoms with Gasteiger partial charge in [0.05, 0.1) is 23.0 Å². The molecule has 0 fully saturated rings.